The first kappa shape index (κ1) is 16.8. The maximum Gasteiger partial charge on any atom is 0.245 e. The number of hydrogen-bond acceptors (Lipinski definition) is 2. The summed E-state index contributed by atoms with van der Waals surface area (Å²) in [5.41, 5.74) is 0. The molecule has 1 N–H and O–H groups in total. The van der Waals surface area contributed by atoms with Gasteiger partial charge in [-0.3, -0.25) is 9.59 Å². The molecule has 3 aliphatic carbocycles. The third kappa shape index (κ3) is 4.27. The van der Waals surface area contributed by atoms with Crippen molar-refractivity contribution in [2.45, 2.75) is 102 Å². The number of hydrogen-bond donors (Lipinski definition) is 1. The van der Waals surface area contributed by atoms with Gasteiger partial charge in [0.15, 0.2) is 0 Å². The van der Waals surface area contributed by atoms with Gasteiger partial charge in [-0.2, -0.15) is 0 Å². The molecule has 3 saturated carbocycles. The van der Waals surface area contributed by atoms with Crippen molar-refractivity contribution >= 4 is 11.8 Å². The Morgan fingerprint density at radius 3 is 1.91 bits per heavy atom. The number of amides is 2. The van der Waals surface area contributed by atoms with E-state index < -0.39 is 0 Å². The highest BCUT2D eigenvalue weighted by Crippen LogP contribution is 2.34. The maximum atomic E-state index is 13.0. The van der Waals surface area contributed by atoms with Gasteiger partial charge in [0.2, 0.25) is 11.8 Å². The molecule has 3 aliphatic rings. The van der Waals surface area contributed by atoms with E-state index in [1.165, 1.54) is 25.7 Å². The summed E-state index contributed by atoms with van der Waals surface area (Å²) in [6.45, 7) is 1.88. The summed E-state index contributed by atoms with van der Waals surface area (Å²) >= 11 is 0. The Balaban J connectivity index is 1.56. The second-order valence-corrected chi connectivity index (χ2v) is 7.83. The third-order valence-electron chi connectivity index (χ3n) is 5.87. The minimum atomic E-state index is -0.369. The van der Waals surface area contributed by atoms with Crippen molar-refractivity contribution in [3.8, 4) is 0 Å². The van der Waals surface area contributed by atoms with Crippen LogP contribution in [0.25, 0.3) is 0 Å². The molecule has 0 radical (unpaired) electrons. The standard InChI is InChI=1S/C19H32N2O2/c1-14(20-18(22)15-8-4-2-5-9-15)19(23)21(17-12-13-17)16-10-6-3-7-11-16/h14-17H,2-13H2,1H3,(H,20,22). The zero-order valence-corrected chi connectivity index (χ0v) is 14.6. The predicted molar refractivity (Wildman–Crippen MR) is 90.9 cm³/mol. The van der Waals surface area contributed by atoms with Gasteiger partial charge in [0.1, 0.15) is 6.04 Å². The van der Waals surface area contributed by atoms with Crippen LogP contribution in [-0.2, 0) is 9.59 Å². The van der Waals surface area contributed by atoms with Crippen molar-refractivity contribution in [3.63, 3.8) is 0 Å². The van der Waals surface area contributed by atoms with Crippen molar-refractivity contribution < 1.29 is 9.59 Å². The van der Waals surface area contributed by atoms with Gasteiger partial charge in [0, 0.05) is 18.0 Å². The van der Waals surface area contributed by atoms with E-state index in [0.717, 1.165) is 51.4 Å². The molecule has 3 rings (SSSR count). The molecule has 2 amide bonds. The van der Waals surface area contributed by atoms with Crippen molar-refractivity contribution in [1.29, 1.82) is 0 Å². The molecule has 23 heavy (non-hydrogen) atoms. The summed E-state index contributed by atoms with van der Waals surface area (Å²) in [6, 6.07) is 0.490. The molecule has 4 nitrogen and oxygen atoms in total. The van der Waals surface area contributed by atoms with Crippen LogP contribution in [0.4, 0.5) is 0 Å². The highest BCUT2D eigenvalue weighted by atomic mass is 16.2. The van der Waals surface area contributed by atoms with Gasteiger partial charge in [0.25, 0.3) is 0 Å². The largest absolute Gasteiger partial charge is 0.344 e. The number of carbonyl (C=O) groups excluding carboxylic acids is 2. The Hall–Kier alpha value is -1.06. The van der Waals surface area contributed by atoms with Gasteiger partial charge in [-0.15, -0.1) is 0 Å². The molecule has 0 aromatic heterocycles. The van der Waals surface area contributed by atoms with Crippen molar-refractivity contribution in [2.75, 3.05) is 0 Å². The monoisotopic (exact) mass is 320 g/mol. The van der Waals surface area contributed by atoms with E-state index in [9.17, 15) is 9.59 Å². The summed E-state index contributed by atoms with van der Waals surface area (Å²) in [5.74, 6) is 0.386. The number of carbonyl (C=O) groups is 2. The van der Waals surface area contributed by atoms with Crippen LogP contribution in [0.1, 0.15) is 84.0 Å². The first-order valence-corrected chi connectivity index (χ1v) is 9.79. The third-order valence-corrected chi connectivity index (χ3v) is 5.87. The SMILES string of the molecule is CC(NC(=O)C1CCCCC1)C(=O)N(C1CCCCC1)C1CC1. The molecule has 0 bridgehead atoms. The van der Waals surface area contributed by atoms with E-state index in [-0.39, 0.29) is 23.8 Å². The highest BCUT2D eigenvalue weighted by molar-refractivity contribution is 5.88. The van der Waals surface area contributed by atoms with E-state index >= 15 is 0 Å². The van der Waals surface area contributed by atoms with Gasteiger partial charge < -0.3 is 10.2 Å². The highest BCUT2D eigenvalue weighted by Gasteiger charge is 2.39. The average molecular weight is 320 g/mol. The zero-order valence-electron chi connectivity index (χ0n) is 14.6. The first-order chi connectivity index (χ1) is 11.2. The smallest absolute Gasteiger partial charge is 0.245 e. The summed E-state index contributed by atoms with van der Waals surface area (Å²) < 4.78 is 0. The van der Waals surface area contributed by atoms with Crippen LogP contribution < -0.4 is 5.32 Å². The number of nitrogens with zero attached hydrogens (tertiary/aromatic N) is 1. The Bertz CT molecular complexity index is 421. The van der Waals surface area contributed by atoms with E-state index in [2.05, 4.69) is 10.2 Å². The molecule has 0 aliphatic heterocycles. The van der Waals surface area contributed by atoms with Crippen LogP contribution in [0, 0.1) is 5.92 Å². The van der Waals surface area contributed by atoms with Crippen LogP contribution in [0.2, 0.25) is 0 Å². The van der Waals surface area contributed by atoms with Gasteiger partial charge in [0.05, 0.1) is 0 Å². The lowest BCUT2D eigenvalue weighted by Gasteiger charge is -2.36. The quantitative estimate of drug-likeness (QED) is 0.844. The Morgan fingerprint density at radius 1 is 0.826 bits per heavy atom. The fourth-order valence-electron chi connectivity index (χ4n) is 4.35. The molecule has 0 aromatic carbocycles. The van der Waals surface area contributed by atoms with Crippen LogP contribution in [0.3, 0.4) is 0 Å². The fourth-order valence-corrected chi connectivity index (χ4v) is 4.35. The second kappa shape index (κ2) is 7.67. The number of nitrogens with one attached hydrogen (secondary N) is 1. The summed E-state index contributed by atoms with van der Waals surface area (Å²) in [5, 5.41) is 3.02. The molecule has 1 unspecified atom stereocenters. The molecule has 130 valence electrons. The van der Waals surface area contributed by atoms with Crippen LogP contribution in [0.5, 0.6) is 0 Å². The van der Waals surface area contributed by atoms with Crippen LogP contribution in [-0.4, -0.2) is 34.8 Å². The number of rotatable bonds is 5. The van der Waals surface area contributed by atoms with Crippen molar-refractivity contribution in [2.24, 2.45) is 5.92 Å². The maximum absolute atomic E-state index is 13.0. The molecule has 0 heterocycles. The molecule has 0 saturated heterocycles. The molecule has 1 atom stereocenters. The molecular weight excluding hydrogens is 288 g/mol. The van der Waals surface area contributed by atoms with Crippen LogP contribution >= 0.6 is 0 Å². The molecule has 0 spiro atoms. The Morgan fingerprint density at radius 2 is 1.35 bits per heavy atom. The normalized spacial score (nSPS) is 24.9. The lowest BCUT2D eigenvalue weighted by molar-refractivity contribution is -0.140. The lowest BCUT2D eigenvalue weighted by atomic mass is 9.88. The lowest BCUT2D eigenvalue weighted by Crippen LogP contribution is -2.53. The fraction of sp³-hybridized carbons (Fsp3) is 0.895. The van der Waals surface area contributed by atoms with E-state index in [1.54, 1.807) is 0 Å². The minimum Gasteiger partial charge on any atom is -0.344 e. The Kier molecular flexibility index (Phi) is 5.60. The van der Waals surface area contributed by atoms with Gasteiger partial charge in [-0.05, 0) is 45.4 Å². The van der Waals surface area contributed by atoms with E-state index in [0.29, 0.717) is 12.1 Å². The van der Waals surface area contributed by atoms with Gasteiger partial charge in [-0.1, -0.05) is 38.5 Å². The van der Waals surface area contributed by atoms with Gasteiger partial charge in [-0.25, -0.2) is 0 Å². The molecule has 0 aromatic rings. The van der Waals surface area contributed by atoms with E-state index in [4.69, 9.17) is 0 Å². The van der Waals surface area contributed by atoms with Gasteiger partial charge >= 0.3 is 0 Å². The topological polar surface area (TPSA) is 49.4 Å². The van der Waals surface area contributed by atoms with Crippen molar-refractivity contribution in [1.82, 2.24) is 10.2 Å². The van der Waals surface area contributed by atoms with Crippen molar-refractivity contribution in [3.05, 3.63) is 0 Å². The summed E-state index contributed by atoms with van der Waals surface area (Å²) in [6.07, 6.45) is 13.9. The average Bonchev–Trinajstić information content (AvgIpc) is 3.41. The summed E-state index contributed by atoms with van der Waals surface area (Å²) in [4.78, 5) is 27.5. The second-order valence-electron chi connectivity index (χ2n) is 7.83. The van der Waals surface area contributed by atoms with E-state index in [1.807, 2.05) is 6.92 Å². The molecule has 4 heteroatoms. The molecule has 3 fully saturated rings. The minimum absolute atomic E-state index is 0.102. The van der Waals surface area contributed by atoms with Crippen LogP contribution in [0.15, 0.2) is 0 Å². The first-order valence-electron chi connectivity index (χ1n) is 9.79. The summed E-state index contributed by atoms with van der Waals surface area (Å²) in [7, 11) is 0. The zero-order chi connectivity index (χ0) is 16.2. The molecular formula is C19H32N2O2. The Labute approximate surface area is 140 Å². The predicted octanol–water partition coefficient (Wildman–Crippen LogP) is 3.40.